The van der Waals surface area contributed by atoms with Crippen molar-refractivity contribution >= 4 is 44.0 Å². The van der Waals surface area contributed by atoms with Gasteiger partial charge < -0.3 is 14.5 Å². The number of amidine groups is 1. The largest absolute Gasteiger partial charge is 0.484 e. The Morgan fingerprint density at radius 1 is 1.09 bits per heavy atom. The molecule has 2 saturated heterocycles. The van der Waals surface area contributed by atoms with E-state index in [1.807, 2.05) is 47.4 Å². The first-order valence-electron chi connectivity index (χ1n) is 10.7. The van der Waals surface area contributed by atoms with Crippen LogP contribution in [0.4, 0.5) is 11.4 Å². The number of carbonyl (C=O) groups is 1. The van der Waals surface area contributed by atoms with Crippen LogP contribution in [0.1, 0.15) is 13.8 Å². The maximum absolute atomic E-state index is 12.5. The van der Waals surface area contributed by atoms with Gasteiger partial charge in [0.1, 0.15) is 5.75 Å². The Balaban J connectivity index is 1.57. The second-order valence-corrected chi connectivity index (χ2v) is 11.1. The molecule has 0 N–H and O–H groups in total. The Bertz CT molecular complexity index is 1080. The lowest BCUT2D eigenvalue weighted by atomic mass is 10.2. The van der Waals surface area contributed by atoms with E-state index in [9.17, 15) is 13.2 Å². The van der Waals surface area contributed by atoms with Gasteiger partial charge in [0, 0.05) is 29.7 Å². The van der Waals surface area contributed by atoms with Crippen LogP contribution in [0, 0.1) is 0 Å². The van der Waals surface area contributed by atoms with Crippen molar-refractivity contribution in [2.24, 2.45) is 4.99 Å². The van der Waals surface area contributed by atoms with Gasteiger partial charge in [0.2, 0.25) is 0 Å². The van der Waals surface area contributed by atoms with Crippen LogP contribution >= 0.6 is 11.8 Å². The molecule has 2 fully saturated rings. The fourth-order valence-corrected chi connectivity index (χ4v) is 8.01. The van der Waals surface area contributed by atoms with E-state index in [1.54, 1.807) is 12.1 Å². The van der Waals surface area contributed by atoms with Gasteiger partial charge in [-0.05, 0) is 50.2 Å². The number of anilines is 2. The summed E-state index contributed by atoms with van der Waals surface area (Å²) in [5, 5.41) is 0.399. The number of fused-ring (bicyclic) bond motifs is 1. The standard InChI is InChI=1S/C23H27N3O4S2/c1-3-25(4-2)17-10-12-18(13-11-17)26-20-15-32(28,29)16-21(20)31-23(26)24-22(27)14-30-19-8-6-5-7-9-19/h5-13,20-21H,3-4,14-16H2,1-2H3/t20-,21-/m1/s1. The average Bonchev–Trinajstić information content (AvgIpc) is 3.25. The summed E-state index contributed by atoms with van der Waals surface area (Å²) in [4.78, 5) is 21.0. The number of rotatable bonds is 7. The van der Waals surface area contributed by atoms with Crippen LogP contribution in [0.15, 0.2) is 59.6 Å². The number of aliphatic imine (C=N–C) groups is 1. The third-order valence-electron chi connectivity index (χ3n) is 5.65. The first-order chi connectivity index (χ1) is 15.4. The second-order valence-electron chi connectivity index (χ2n) is 7.75. The third kappa shape index (κ3) is 4.94. The van der Waals surface area contributed by atoms with E-state index in [0.29, 0.717) is 10.9 Å². The molecular weight excluding hydrogens is 446 g/mol. The van der Waals surface area contributed by atoms with Crippen molar-refractivity contribution in [2.75, 3.05) is 41.0 Å². The molecule has 0 radical (unpaired) electrons. The summed E-state index contributed by atoms with van der Waals surface area (Å²) in [7, 11) is -3.11. The molecule has 0 aliphatic carbocycles. The number of sulfone groups is 1. The Kier molecular flexibility index (Phi) is 6.76. The molecule has 170 valence electrons. The van der Waals surface area contributed by atoms with Crippen LogP contribution in [0.5, 0.6) is 5.75 Å². The summed E-state index contributed by atoms with van der Waals surface area (Å²) in [6, 6.07) is 16.9. The summed E-state index contributed by atoms with van der Waals surface area (Å²) >= 11 is 1.37. The molecular formula is C23H27N3O4S2. The number of hydrogen-bond donors (Lipinski definition) is 0. The maximum atomic E-state index is 12.5. The lowest BCUT2D eigenvalue weighted by Gasteiger charge is -2.26. The van der Waals surface area contributed by atoms with Gasteiger partial charge in [0.15, 0.2) is 21.6 Å². The maximum Gasteiger partial charge on any atom is 0.285 e. The zero-order chi connectivity index (χ0) is 22.7. The number of benzene rings is 2. The molecule has 0 unspecified atom stereocenters. The predicted molar refractivity (Wildman–Crippen MR) is 131 cm³/mol. The molecule has 2 aliphatic heterocycles. The van der Waals surface area contributed by atoms with Crippen LogP contribution < -0.4 is 14.5 Å². The first-order valence-corrected chi connectivity index (χ1v) is 13.4. The lowest BCUT2D eigenvalue weighted by molar-refractivity contribution is -0.119. The number of nitrogens with zero attached hydrogens (tertiary/aromatic N) is 3. The van der Waals surface area contributed by atoms with Crippen molar-refractivity contribution in [1.29, 1.82) is 0 Å². The van der Waals surface area contributed by atoms with Gasteiger partial charge in [-0.25, -0.2) is 8.42 Å². The molecule has 2 aromatic rings. The SMILES string of the molecule is CCN(CC)c1ccc(N2C(=NC(=O)COc3ccccc3)S[C@@H]3CS(=O)(=O)C[C@H]32)cc1. The number of ether oxygens (including phenoxy) is 1. The highest BCUT2D eigenvalue weighted by atomic mass is 32.2. The van der Waals surface area contributed by atoms with Crippen LogP contribution in [0.3, 0.4) is 0 Å². The minimum Gasteiger partial charge on any atom is -0.484 e. The van der Waals surface area contributed by atoms with Crippen molar-refractivity contribution in [2.45, 2.75) is 25.1 Å². The Hall–Kier alpha value is -2.52. The molecule has 2 atom stereocenters. The Morgan fingerprint density at radius 2 is 1.78 bits per heavy atom. The van der Waals surface area contributed by atoms with Gasteiger partial charge in [0.05, 0.1) is 17.5 Å². The van der Waals surface area contributed by atoms with E-state index in [0.717, 1.165) is 24.5 Å². The van der Waals surface area contributed by atoms with E-state index in [4.69, 9.17) is 4.74 Å². The number of para-hydroxylation sites is 1. The topological polar surface area (TPSA) is 79.3 Å². The molecule has 32 heavy (non-hydrogen) atoms. The fraction of sp³-hybridized carbons (Fsp3) is 0.391. The van der Waals surface area contributed by atoms with Crippen molar-refractivity contribution in [3.8, 4) is 5.75 Å². The van der Waals surface area contributed by atoms with E-state index in [2.05, 4.69) is 23.7 Å². The van der Waals surface area contributed by atoms with E-state index >= 15 is 0 Å². The predicted octanol–water partition coefficient (Wildman–Crippen LogP) is 3.21. The zero-order valence-electron chi connectivity index (χ0n) is 18.2. The van der Waals surface area contributed by atoms with Crippen molar-refractivity contribution in [3.63, 3.8) is 0 Å². The summed E-state index contributed by atoms with van der Waals surface area (Å²) in [6.45, 7) is 5.85. The van der Waals surface area contributed by atoms with Crippen molar-refractivity contribution in [1.82, 2.24) is 0 Å². The van der Waals surface area contributed by atoms with Crippen LogP contribution in [0.25, 0.3) is 0 Å². The molecule has 4 rings (SSSR count). The minimum absolute atomic E-state index is 0.0657. The van der Waals surface area contributed by atoms with E-state index in [1.165, 1.54) is 11.8 Å². The molecule has 0 bridgehead atoms. The molecule has 7 nitrogen and oxygen atoms in total. The number of carbonyl (C=O) groups excluding carboxylic acids is 1. The fourth-order valence-electron chi connectivity index (χ4n) is 4.08. The van der Waals surface area contributed by atoms with Crippen LogP contribution in [-0.4, -0.2) is 62.0 Å². The van der Waals surface area contributed by atoms with Crippen molar-refractivity contribution < 1.29 is 17.9 Å². The summed E-state index contributed by atoms with van der Waals surface area (Å²) in [6.07, 6.45) is 0. The van der Waals surface area contributed by atoms with Crippen molar-refractivity contribution in [3.05, 3.63) is 54.6 Å². The number of hydrogen-bond acceptors (Lipinski definition) is 6. The van der Waals surface area contributed by atoms with Gasteiger partial charge in [-0.1, -0.05) is 30.0 Å². The molecule has 0 spiro atoms. The monoisotopic (exact) mass is 473 g/mol. The number of amides is 1. The number of thioether (sulfide) groups is 1. The molecule has 9 heteroatoms. The molecule has 2 aromatic carbocycles. The lowest BCUT2D eigenvalue weighted by Crippen LogP contribution is -2.38. The molecule has 0 aromatic heterocycles. The zero-order valence-corrected chi connectivity index (χ0v) is 19.8. The normalized spacial score (nSPS) is 22.7. The highest BCUT2D eigenvalue weighted by Crippen LogP contribution is 2.41. The first kappa shape index (κ1) is 22.7. The smallest absolute Gasteiger partial charge is 0.285 e. The van der Waals surface area contributed by atoms with Crippen LogP contribution in [0.2, 0.25) is 0 Å². The van der Waals surface area contributed by atoms with Gasteiger partial charge in [-0.3, -0.25) is 4.79 Å². The van der Waals surface area contributed by atoms with E-state index in [-0.39, 0.29) is 29.4 Å². The third-order valence-corrected chi connectivity index (χ3v) is 8.86. The Morgan fingerprint density at radius 3 is 2.44 bits per heavy atom. The van der Waals surface area contributed by atoms with Crippen LogP contribution in [-0.2, 0) is 14.6 Å². The Labute approximate surface area is 193 Å². The quantitative estimate of drug-likeness (QED) is 0.611. The van der Waals surface area contributed by atoms with E-state index < -0.39 is 15.7 Å². The van der Waals surface area contributed by atoms with Gasteiger partial charge in [0.25, 0.3) is 5.91 Å². The molecule has 2 aliphatic rings. The summed E-state index contributed by atoms with van der Waals surface area (Å²) < 4.78 is 30.0. The molecule has 0 saturated carbocycles. The molecule has 1 amide bonds. The highest BCUT2D eigenvalue weighted by Gasteiger charge is 2.49. The second kappa shape index (κ2) is 9.54. The van der Waals surface area contributed by atoms with Gasteiger partial charge in [-0.2, -0.15) is 4.99 Å². The van der Waals surface area contributed by atoms with Gasteiger partial charge >= 0.3 is 0 Å². The summed E-state index contributed by atoms with van der Waals surface area (Å²) in [5.74, 6) is 0.371. The molecule has 2 heterocycles. The average molecular weight is 474 g/mol. The minimum atomic E-state index is -3.11. The summed E-state index contributed by atoms with van der Waals surface area (Å²) in [5.41, 5.74) is 1.94. The highest BCUT2D eigenvalue weighted by molar-refractivity contribution is 8.16. The van der Waals surface area contributed by atoms with Gasteiger partial charge in [-0.15, -0.1) is 0 Å².